The van der Waals surface area contributed by atoms with Crippen LogP contribution in [-0.2, 0) is 6.54 Å². The van der Waals surface area contributed by atoms with Gasteiger partial charge in [0.05, 0.1) is 6.54 Å². The molecule has 0 spiro atoms. The fourth-order valence-corrected chi connectivity index (χ4v) is 1.70. The normalized spacial score (nSPS) is 18.8. The second-order valence-corrected chi connectivity index (χ2v) is 3.50. The fraction of sp³-hybridized carbons (Fsp3) is 0.667. The van der Waals surface area contributed by atoms with Crippen molar-refractivity contribution in [2.24, 2.45) is 0 Å². The number of aromatic nitrogens is 2. The summed E-state index contributed by atoms with van der Waals surface area (Å²) >= 11 is 0. The Labute approximate surface area is 72.8 Å². The van der Waals surface area contributed by atoms with Crippen LogP contribution < -0.4 is 0 Å². The number of nitrogens with one attached hydrogen (secondary N) is 1. The second kappa shape index (κ2) is 3.27. The summed E-state index contributed by atoms with van der Waals surface area (Å²) in [7, 11) is 0. The lowest BCUT2D eigenvalue weighted by Crippen LogP contribution is -2.19. The molecule has 1 fully saturated rings. The second-order valence-electron chi connectivity index (χ2n) is 3.50. The molecule has 1 aliphatic rings. The Morgan fingerprint density at radius 1 is 1.50 bits per heavy atom. The molecule has 12 heavy (non-hydrogen) atoms. The summed E-state index contributed by atoms with van der Waals surface area (Å²) in [5.74, 6) is 1.11. The van der Waals surface area contributed by atoms with Crippen LogP contribution in [0.2, 0.25) is 0 Å². The highest BCUT2D eigenvalue weighted by Crippen LogP contribution is 2.10. The molecule has 0 atom stereocenters. The van der Waals surface area contributed by atoms with Crippen molar-refractivity contribution >= 4 is 0 Å². The molecule has 1 saturated heterocycles. The molecule has 0 aliphatic carbocycles. The van der Waals surface area contributed by atoms with E-state index in [2.05, 4.69) is 14.9 Å². The zero-order valence-corrected chi connectivity index (χ0v) is 7.51. The molecule has 1 aromatic heterocycles. The fourth-order valence-electron chi connectivity index (χ4n) is 1.70. The van der Waals surface area contributed by atoms with Crippen LogP contribution in [0.1, 0.15) is 24.4 Å². The van der Waals surface area contributed by atoms with Crippen LogP contribution in [-0.4, -0.2) is 28.0 Å². The van der Waals surface area contributed by atoms with Crippen molar-refractivity contribution in [2.45, 2.75) is 26.3 Å². The lowest BCUT2D eigenvalue weighted by molar-refractivity contribution is 0.323. The van der Waals surface area contributed by atoms with Crippen molar-refractivity contribution < 1.29 is 0 Å². The smallest absolute Gasteiger partial charge is 0.120 e. The molecule has 0 saturated carbocycles. The molecule has 0 unspecified atom stereocenters. The minimum absolute atomic E-state index is 0.994. The number of hydrogen-bond donors (Lipinski definition) is 1. The van der Waals surface area contributed by atoms with E-state index < -0.39 is 0 Å². The van der Waals surface area contributed by atoms with E-state index in [0.717, 1.165) is 18.1 Å². The molecule has 3 heteroatoms. The molecule has 1 aliphatic heterocycles. The third kappa shape index (κ3) is 1.67. The molecule has 1 N–H and O–H groups in total. The molecule has 0 amide bonds. The average Bonchev–Trinajstić information content (AvgIpc) is 2.63. The number of H-pyrrole nitrogens is 1. The molecular formula is C9H15N3. The monoisotopic (exact) mass is 165 g/mol. The van der Waals surface area contributed by atoms with E-state index in [9.17, 15) is 0 Å². The predicted octanol–water partition coefficient (Wildman–Crippen LogP) is 1.31. The number of rotatable bonds is 2. The van der Waals surface area contributed by atoms with E-state index in [1.165, 1.54) is 25.9 Å². The maximum absolute atomic E-state index is 4.28. The maximum atomic E-state index is 4.28. The standard InChI is InChI=1S/C9H15N3/c1-8-6-10-9(11-8)7-12-4-2-3-5-12/h6H,2-5,7H2,1H3,(H,10,11). The van der Waals surface area contributed by atoms with E-state index in [1.807, 2.05) is 13.1 Å². The summed E-state index contributed by atoms with van der Waals surface area (Å²) < 4.78 is 0. The first-order valence-corrected chi connectivity index (χ1v) is 4.57. The van der Waals surface area contributed by atoms with Gasteiger partial charge in [0.2, 0.25) is 0 Å². The van der Waals surface area contributed by atoms with Crippen LogP contribution in [0.25, 0.3) is 0 Å². The molecule has 2 heterocycles. The van der Waals surface area contributed by atoms with Crippen LogP contribution in [0, 0.1) is 6.92 Å². The molecule has 0 aromatic carbocycles. The number of likely N-dealkylation sites (tertiary alicyclic amines) is 1. The lowest BCUT2D eigenvalue weighted by atomic mass is 10.4. The minimum atomic E-state index is 0.994. The maximum Gasteiger partial charge on any atom is 0.120 e. The number of imidazole rings is 1. The van der Waals surface area contributed by atoms with Gasteiger partial charge in [0, 0.05) is 11.9 Å². The molecule has 0 bridgehead atoms. The molecule has 66 valence electrons. The predicted molar refractivity (Wildman–Crippen MR) is 47.8 cm³/mol. The molecule has 3 nitrogen and oxygen atoms in total. The summed E-state index contributed by atoms with van der Waals surface area (Å²) in [5.41, 5.74) is 1.16. The van der Waals surface area contributed by atoms with Gasteiger partial charge in [-0.05, 0) is 32.9 Å². The van der Waals surface area contributed by atoms with Crippen LogP contribution in [0.4, 0.5) is 0 Å². The quantitative estimate of drug-likeness (QED) is 0.716. The highest BCUT2D eigenvalue weighted by atomic mass is 15.2. The Morgan fingerprint density at radius 3 is 2.83 bits per heavy atom. The van der Waals surface area contributed by atoms with Crippen LogP contribution in [0.3, 0.4) is 0 Å². The highest BCUT2D eigenvalue weighted by Gasteiger charge is 2.12. The highest BCUT2D eigenvalue weighted by molar-refractivity contribution is 4.98. The Morgan fingerprint density at radius 2 is 2.25 bits per heavy atom. The zero-order chi connectivity index (χ0) is 8.39. The van der Waals surface area contributed by atoms with Gasteiger partial charge in [0.15, 0.2) is 0 Å². The Bertz CT molecular complexity index is 248. The Kier molecular flexibility index (Phi) is 2.13. The average molecular weight is 165 g/mol. The summed E-state index contributed by atoms with van der Waals surface area (Å²) in [6.07, 6.45) is 4.59. The molecular weight excluding hydrogens is 150 g/mol. The summed E-state index contributed by atoms with van der Waals surface area (Å²) in [5, 5.41) is 0. The van der Waals surface area contributed by atoms with Crippen molar-refractivity contribution in [1.82, 2.24) is 14.9 Å². The van der Waals surface area contributed by atoms with Gasteiger partial charge in [-0.15, -0.1) is 0 Å². The van der Waals surface area contributed by atoms with Crippen molar-refractivity contribution in [3.63, 3.8) is 0 Å². The van der Waals surface area contributed by atoms with Crippen molar-refractivity contribution in [2.75, 3.05) is 13.1 Å². The van der Waals surface area contributed by atoms with E-state index >= 15 is 0 Å². The van der Waals surface area contributed by atoms with Crippen molar-refractivity contribution in [3.8, 4) is 0 Å². The topological polar surface area (TPSA) is 31.9 Å². The van der Waals surface area contributed by atoms with Gasteiger partial charge in [0.1, 0.15) is 5.82 Å². The first-order chi connectivity index (χ1) is 5.84. The third-order valence-corrected chi connectivity index (χ3v) is 2.33. The first kappa shape index (κ1) is 7.80. The van der Waals surface area contributed by atoms with Crippen LogP contribution >= 0.6 is 0 Å². The van der Waals surface area contributed by atoms with Gasteiger partial charge in [-0.25, -0.2) is 4.98 Å². The minimum Gasteiger partial charge on any atom is -0.345 e. The van der Waals surface area contributed by atoms with E-state index in [1.54, 1.807) is 0 Å². The van der Waals surface area contributed by atoms with E-state index in [0.29, 0.717) is 0 Å². The van der Waals surface area contributed by atoms with Gasteiger partial charge >= 0.3 is 0 Å². The SMILES string of the molecule is Cc1cnc(CN2CCCC2)[nH]1. The van der Waals surface area contributed by atoms with Crippen molar-refractivity contribution in [3.05, 3.63) is 17.7 Å². The largest absolute Gasteiger partial charge is 0.345 e. The number of nitrogens with zero attached hydrogens (tertiary/aromatic N) is 2. The summed E-state index contributed by atoms with van der Waals surface area (Å²) in [6, 6.07) is 0. The number of hydrogen-bond acceptors (Lipinski definition) is 2. The molecule has 2 rings (SSSR count). The summed E-state index contributed by atoms with van der Waals surface area (Å²) in [6.45, 7) is 5.51. The molecule has 0 radical (unpaired) electrons. The van der Waals surface area contributed by atoms with Gasteiger partial charge in [-0.3, -0.25) is 4.90 Å². The van der Waals surface area contributed by atoms with Gasteiger partial charge in [-0.1, -0.05) is 0 Å². The van der Waals surface area contributed by atoms with Gasteiger partial charge in [-0.2, -0.15) is 0 Å². The third-order valence-electron chi connectivity index (χ3n) is 2.33. The first-order valence-electron chi connectivity index (χ1n) is 4.57. The van der Waals surface area contributed by atoms with Crippen LogP contribution in [0.5, 0.6) is 0 Å². The molecule has 1 aromatic rings. The zero-order valence-electron chi connectivity index (χ0n) is 7.51. The van der Waals surface area contributed by atoms with E-state index in [-0.39, 0.29) is 0 Å². The number of aryl methyl sites for hydroxylation is 1. The van der Waals surface area contributed by atoms with Crippen molar-refractivity contribution in [1.29, 1.82) is 0 Å². The number of aromatic amines is 1. The van der Waals surface area contributed by atoms with E-state index in [4.69, 9.17) is 0 Å². The summed E-state index contributed by atoms with van der Waals surface area (Å²) in [4.78, 5) is 9.97. The Hall–Kier alpha value is -0.830. The lowest BCUT2D eigenvalue weighted by Gasteiger charge is -2.11. The van der Waals surface area contributed by atoms with Gasteiger partial charge < -0.3 is 4.98 Å². The Balaban J connectivity index is 1.94. The van der Waals surface area contributed by atoms with Gasteiger partial charge in [0.25, 0.3) is 0 Å². The van der Waals surface area contributed by atoms with Crippen LogP contribution in [0.15, 0.2) is 6.20 Å².